The van der Waals surface area contributed by atoms with Crippen molar-refractivity contribution in [2.75, 3.05) is 13.1 Å². The summed E-state index contributed by atoms with van der Waals surface area (Å²) in [6.45, 7) is 21.2. The average molecular weight is 1980 g/mol. The van der Waals surface area contributed by atoms with Crippen molar-refractivity contribution in [3.63, 3.8) is 0 Å². The first kappa shape index (κ1) is 119. The van der Waals surface area contributed by atoms with Crippen LogP contribution in [-0.2, 0) is 115 Å². The molecule has 2 heterocycles. The lowest BCUT2D eigenvalue weighted by Crippen LogP contribution is -2.65. The molecular formula is C98H145ClN18O23. The van der Waals surface area contributed by atoms with Gasteiger partial charge < -0.3 is 112 Å². The summed E-state index contributed by atoms with van der Waals surface area (Å²) in [7, 11) is 0. The van der Waals surface area contributed by atoms with E-state index in [1.807, 2.05) is 12.2 Å². The number of carbonyl (C=O) groups is 20. The highest BCUT2D eigenvalue weighted by atomic mass is 35.5. The number of H-pyrrole nitrogens is 1. The molecule has 5 rings (SSSR count). The number of allylic oxidation sites excluding steroid dienone is 2. The van der Waals surface area contributed by atoms with E-state index in [-0.39, 0.29) is 89.5 Å². The van der Waals surface area contributed by atoms with Gasteiger partial charge in [0.15, 0.2) is 0 Å². The molecule has 0 bridgehead atoms. The number of nitrogens with two attached hydrogens (primary N) is 2. The number of aromatic hydroxyl groups is 1. The Labute approximate surface area is 821 Å². The number of amides is 15. The van der Waals surface area contributed by atoms with Gasteiger partial charge in [0.2, 0.25) is 112 Å². The summed E-state index contributed by atoms with van der Waals surface area (Å²) >= 11 is 6.39. The van der Waals surface area contributed by atoms with Crippen molar-refractivity contribution in [3.05, 3.63) is 113 Å². The molecular weight excluding hydrogens is 1830 g/mol. The Kier molecular flexibility index (Phi) is 49.1. The number of Topliss-reactive ketones (excluding diaryl/α,β-unsaturated/α-hetero) is 4. The highest BCUT2D eigenvalue weighted by molar-refractivity contribution is 6.41. The Morgan fingerprint density at radius 2 is 1.11 bits per heavy atom. The van der Waals surface area contributed by atoms with E-state index < -0.39 is 257 Å². The molecule has 3 aromatic carbocycles. The molecule has 0 radical (unpaired) electrons. The summed E-state index contributed by atoms with van der Waals surface area (Å²) in [5, 5.41) is 72.1. The summed E-state index contributed by atoms with van der Waals surface area (Å²) in [5.74, 6) is -21.8. The predicted molar refractivity (Wildman–Crippen MR) is 522 cm³/mol. The molecule has 4 aromatic rings. The average Bonchev–Trinajstić information content (AvgIpc) is 1.45. The second-order valence-electron chi connectivity index (χ2n) is 37.3. The Balaban J connectivity index is 0.0000409. The lowest BCUT2D eigenvalue weighted by Gasteiger charge is -2.34. The number of aromatic amines is 1. The number of hydrogen-bond acceptors (Lipinski definition) is 24. The molecule has 0 fully saturated rings. The van der Waals surface area contributed by atoms with Crippen LogP contribution in [0.1, 0.15) is 224 Å². The van der Waals surface area contributed by atoms with Crippen LogP contribution < -0.4 is 91.2 Å². The SMILES string of the molecule is C.CC(=O)N[C@@H](CC(C)C)C(=O)N[C@H](C(=O)N[C@@H](Cc1ccccc1)C(=O)N[C@]1(C)CCCCCC/C=C/CCC[C@@](C)(C(=O)NC(C)C(=O)N[C@@H](C)C(=O)NC(C)C(=O)N[C@@H](C)C(=O)C(=O)[C@H](C)NC[C@H](C)C(N)=O)NC(=O)[C@H](CC(C)C)CN[C@@H](CCC(N)=O)C(=O)C(=O)C(C)NC(=O)[C@H](Cc2c[nH]c3cc(Cl)ccc23)NC(=O)C(Cc2ccc(O)cc2)NC(=O)[C@H](CCC(=O)O)NC1=O)[C@@H](C)O. The summed E-state index contributed by atoms with van der Waals surface area (Å²) < 4.78 is 0. The standard InChI is InChI=1S/C97H141ClN18O23.CH4/c1-51(2)42-65-50-102-69(36-38-76(99)120)82(126)81(125)56(8)105-89(133)75(46-64-49-103-71-47-66(98)32-35-68(64)71)111-90(134)73(45-63-30-33-67(119)34-31-63)110-88(132)70(37-39-77(121)122)113-95(139)97(15,116-92(136)74(44-62-28-24-23-25-29-62)112-93(137)78(60(12)117)114-91(135)72(43-52(3)4)109-61(13)118)41-27-22-20-18-16-17-19-21-26-40-96(14,115-87(65)131)94(138)108-59(11)86(130)107-58(10)85(129)106-57(9)84(128)104-55(7)80(124)79(123)54(6)101-48-53(5)83(100)127;/h17,19,23-25,28-35,47,49,51-60,65,69-70,72-75,78,101-103,117,119H,16,18,20-22,26-27,36-46,48,50H2,1-15H3,(H2,99,120)(H2,100,127)(H,104,128)(H,105,133)(H,106,129)(H,107,130)(H,108,138)(H,109,118)(H,110,132)(H,111,134)(H,112,137)(H,113,139)(H,114,135)(H,115,131)(H,116,136)(H,121,122);1H4/b19-17+;/t53-,54-,55-,56?,57?,58-,59?,60+,65+,69-,70-,72-,73?,74-,75-,78-,96-,97+;/m0./s1. The van der Waals surface area contributed by atoms with Crippen LogP contribution in [0.4, 0.5) is 0 Å². The third kappa shape index (κ3) is 39.4. The fraction of sp³-hybridized carbons (Fsp3) is 0.571. The van der Waals surface area contributed by atoms with Gasteiger partial charge in [-0.15, -0.1) is 0 Å². The van der Waals surface area contributed by atoms with E-state index in [1.165, 1.54) is 107 Å². The van der Waals surface area contributed by atoms with Gasteiger partial charge in [-0.3, -0.25) is 95.9 Å². The number of hydrogen-bond donors (Lipinski definition) is 21. The number of carboxylic acid groups (broad SMARTS) is 1. The largest absolute Gasteiger partial charge is 0.508 e. The first-order valence-corrected chi connectivity index (χ1v) is 47.4. The molecule has 1 aromatic heterocycles. The Morgan fingerprint density at radius 3 is 1.69 bits per heavy atom. The Bertz CT molecular complexity index is 5030. The molecule has 1 aliphatic heterocycles. The highest BCUT2D eigenvalue weighted by Gasteiger charge is 2.44. The number of aliphatic hydroxyl groups excluding tert-OH is 1. The third-order valence-corrected chi connectivity index (χ3v) is 24.1. The maximum absolute atomic E-state index is 15.6. The van der Waals surface area contributed by atoms with Crippen LogP contribution in [-0.4, -0.2) is 247 Å². The quantitative estimate of drug-likeness (QED) is 0.0224. The zero-order valence-corrected chi connectivity index (χ0v) is 82.5. The fourth-order valence-corrected chi connectivity index (χ4v) is 15.6. The van der Waals surface area contributed by atoms with Gasteiger partial charge in [0.05, 0.1) is 36.2 Å². The Morgan fingerprint density at radius 1 is 0.550 bits per heavy atom. The van der Waals surface area contributed by atoms with Gasteiger partial charge in [-0.2, -0.15) is 0 Å². The van der Waals surface area contributed by atoms with Gasteiger partial charge in [-0.05, 0) is 179 Å². The summed E-state index contributed by atoms with van der Waals surface area (Å²) in [6.07, 6.45) is 2.66. The monoisotopic (exact) mass is 1980 g/mol. The number of aliphatic carboxylic acids is 1. The summed E-state index contributed by atoms with van der Waals surface area (Å²) in [6, 6.07) is -1.21. The molecule has 42 heteroatoms. The van der Waals surface area contributed by atoms with E-state index in [2.05, 4.69) is 84.7 Å². The first-order valence-electron chi connectivity index (χ1n) is 47.0. The minimum Gasteiger partial charge on any atom is -0.508 e. The van der Waals surface area contributed by atoms with Gasteiger partial charge in [0, 0.05) is 80.2 Å². The van der Waals surface area contributed by atoms with Gasteiger partial charge in [-0.25, -0.2) is 0 Å². The molecule has 140 heavy (non-hydrogen) atoms. The van der Waals surface area contributed by atoms with Crippen molar-refractivity contribution in [3.8, 4) is 5.75 Å². The topological polar surface area (TPSA) is 650 Å². The lowest BCUT2D eigenvalue weighted by molar-refractivity contribution is -0.140. The summed E-state index contributed by atoms with van der Waals surface area (Å²) in [4.78, 5) is 284. The molecule has 0 aliphatic carbocycles. The van der Waals surface area contributed by atoms with Crippen molar-refractivity contribution in [1.82, 2.24) is 84.7 Å². The number of carbonyl (C=O) groups excluding carboxylic acids is 19. The number of benzene rings is 3. The van der Waals surface area contributed by atoms with Crippen molar-refractivity contribution in [2.45, 2.75) is 323 Å². The first-order chi connectivity index (χ1) is 65.2. The molecule has 18 atom stereocenters. The third-order valence-electron chi connectivity index (χ3n) is 23.8. The smallest absolute Gasteiger partial charge is 0.303 e. The van der Waals surface area contributed by atoms with E-state index in [9.17, 15) is 82.4 Å². The summed E-state index contributed by atoms with van der Waals surface area (Å²) in [5.41, 5.74) is 8.64. The molecule has 0 spiro atoms. The van der Waals surface area contributed by atoms with Crippen molar-refractivity contribution < 1.29 is 111 Å². The minimum absolute atomic E-state index is 0. The number of aliphatic hydroxyl groups is 1. The molecule has 0 saturated heterocycles. The fourth-order valence-electron chi connectivity index (χ4n) is 15.4. The normalized spacial score (nSPS) is 21.8. The number of halogens is 1. The van der Waals surface area contributed by atoms with Crippen LogP contribution in [0.2, 0.25) is 5.02 Å². The lowest BCUT2D eigenvalue weighted by atomic mass is 9.89. The second kappa shape index (κ2) is 57.6. The van der Waals surface area contributed by atoms with Crippen LogP contribution in [0, 0.1) is 23.7 Å². The maximum Gasteiger partial charge on any atom is 0.303 e. The number of phenols is 1. The molecule has 4 unspecified atom stereocenters. The molecule has 772 valence electrons. The van der Waals surface area contributed by atoms with Crippen LogP contribution in [0.5, 0.6) is 5.75 Å². The van der Waals surface area contributed by atoms with E-state index in [0.717, 1.165) is 0 Å². The molecule has 15 amide bonds. The zero-order valence-electron chi connectivity index (χ0n) is 81.7. The van der Waals surface area contributed by atoms with Gasteiger partial charge in [0.25, 0.3) is 0 Å². The van der Waals surface area contributed by atoms with Crippen LogP contribution >= 0.6 is 11.6 Å². The molecule has 23 N–H and O–H groups in total. The molecule has 0 saturated carbocycles. The number of rotatable bonds is 39. The van der Waals surface area contributed by atoms with Crippen molar-refractivity contribution >= 4 is 140 Å². The number of nitrogens with one attached hydrogen (secondary N) is 16. The number of phenolic OH excluding ortho intramolecular Hbond substituents is 1. The maximum atomic E-state index is 15.6. The van der Waals surface area contributed by atoms with Crippen LogP contribution in [0.25, 0.3) is 10.9 Å². The number of ketones is 4. The van der Waals surface area contributed by atoms with Crippen LogP contribution in [0.15, 0.2) is 91.1 Å². The predicted octanol–water partition coefficient (Wildman–Crippen LogP) is 2.03. The number of primary amides is 2. The van der Waals surface area contributed by atoms with Gasteiger partial charge in [-0.1, -0.05) is 134 Å². The molecule has 41 nitrogen and oxygen atoms in total. The molecule has 1 aliphatic rings. The van der Waals surface area contributed by atoms with Gasteiger partial charge >= 0.3 is 5.97 Å². The van der Waals surface area contributed by atoms with Crippen molar-refractivity contribution in [1.29, 1.82) is 0 Å². The van der Waals surface area contributed by atoms with Crippen molar-refractivity contribution in [2.24, 2.45) is 35.1 Å². The highest BCUT2D eigenvalue weighted by Crippen LogP contribution is 2.27. The van der Waals surface area contributed by atoms with E-state index in [4.69, 9.17) is 23.1 Å². The second-order valence-corrected chi connectivity index (χ2v) is 37.7. The minimum atomic E-state index is -2.09. The zero-order chi connectivity index (χ0) is 104. The number of aromatic nitrogens is 1. The number of carboxylic acids is 1. The number of fused-ring (bicyclic) bond motifs is 1. The van der Waals surface area contributed by atoms with E-state index in [0.29, 0.717) is 64.7 Å². The van der Waals surface area contributed by atoms with E-state index >= 15 is 28.8 Å². The van der Waals surface area contributed by atoms with E-state index in [1.54, 1.807) is 76.2 Å². The van der Waals surface area contributed by atoms with Crippen LogP contribution in [0.3, 0.4) is 0 Å². The van der Waals surface area contributed by atoms with Gasteiger partial charge in [0.1, 0.15) is 71.2 Å². The Hall–Kier alpha value is -12.9.